The van der Waals surface area contributed by atoms with Gasteiger partial charge in [0.25, 0.3) is 0 Å². The maximum absolute atomic E-state index is 13.8. The van der Waals surface area contributed by atoms with Crippen molar-refractivity contribution in [1.29, 1.82) is 0 Å². The highest BCUT2D eigenvalue weighted by atomic mass is 19.4. The van der Waals surface area contributed by atoms with Gasteiger partial charge in [-0.1, -0.05) is 0 Å². The first-order chi connectivity index (χ1) is 14.0. The van der Waals surface area contributed by atoms with E-state index in [0.717, 1.165) is 11.6 Å². The third-order valence-corrected chi connectivity index (χ3v) is 6.76. The summed E-state index contributed by atoms with van der Waals surface area (Å²) < 4.78 is 60.4. The maximum atomic E-state index is 13.8. The molecule has 6 nitrogen and oxygen atoms in total. The first-order valence-corrected chi connectivity index (χ1v) is 9.52. The number of anilines is 1. The Balaban J connectivity index is 1.52. The summed E-state index contributed by atoms with van der Waals surface area (Å²) in [4.78, 5) is 13.3. The smallest absolute Gasteiger partial charge is 0.390 e. The molecule has 2 aromatic rings. The number of ether oxygens (including phenoxy) is 1. The van der Waals surface area contributed by atoms with Gasteiger partial charge in [-0.25, -0.2) is 4.39 Å². The standard InChI is InChI=1S/C20H19F4N3O3/c1-9-13(7-27(2)26-9)18-8-19(18,15-6-14(28)16(18)30-15)17(29)25-12-4-10(20(22,23)24)3-11(21)5-12/h3-5,7,14-16,28H,6,8H2,1-2H3,(H,25,29)/t14-,15+,16-,18+,19+/m0/s1. The molecular weight excluding hydrogens is 406 g/mol. The molecule has 1 aromatic carbocycles. The molecule has 2 bridgehead atoms. The Morgan fingerprint density at radius 1 is 1.37 bits per heavy atom. The van der Waals surface area contributed by atoms with Crippen molar-refractivity contribution in [3.05, 3.63) is 47.0 Å². The number of carbonyl (C=O) groups is 1. The predicted octanol–water partition coefficient (Wildman–Crippen LogP) is 2.69. The number of aliphatic hydroxyl groups is 1. The number of halogens is 4. The van der Waals surface area contributed by atoms with Gasteiger partial charge in [0.2, 0.25) is 5.91 Å². The van der Waals surface area contributed by atoms with Gasteiger partial charge < -0.3 is 15.2 Å². The van der Waals surface area contributed by atoms with Crippen LogP contribution in [0, 0.1) is 18.2 Å². The van der Waals surface area contributed by atoms with E-state index in [2.05, 4.69) is 10.4 Å². The number of nitrogens with zero attached hydrogens (tertiary/aromatic N) is 2. The number of aliphatic hydroxyl groups excluding tert-OH is 1. The average Bonchev–Trinajstić information content (AvgIpc) is 2.85. The van der Waals surface area contributed by atoms with Gasteiger partial charge in [0, 0.05) is 36.3 Å². The van der Waals surface area contributed by atoms with Crippen LogP contribution in [-0.4, -0.2) is 39.1 Å². The summed E-state index contributed by atoms with van der Waals surface area (Å²) in [5.74, 6) is -1.63. The topological polar surface area (TPSA) is 76.4 Å². The van der Waals surface area contributed by atoms with E-state index in [-0.39, 0.29) is 12.1 Å². The number of hydrogen-bond donors (Lipinski definition) is 2. The van der Waals surface area contributed by atoms with Gasteiger partial charge in [-0.15, -0.1) is 0 Å². The molecule has 0 spiro atoms. The highest BCUT2D eigenvalue weighted by Gasteiger charge is 2.87. The number of fused-ring (bicyclic) bond motifs is 5. The lowest BCUT2D eigenvalue weighted by Gasteiger charge is -2.29. The van der Waals surface area contributed by atoms with E-state index < -0.39 is 52.6 Å². The summed E-state index contributed by atoms with van der Waals surface area (Å²) in [5.41, 5.74) is -1.83. The Kier molecular flexibility index (Phi) is 3.78. The molecule has 30 heavy (non-hydrogen) atoms. The minimum atomic E-state index is -4.74. The van der Waals surface area contributed by atoms with Crippen LogP contribution in [0.1, 0.15) is 29.7 Å². The van der Waals surface area contributed by atoms with Gasteiger partial charge in [-0.3, -0.25) is 9.48 Å². The number of hydrogen-bond acceptors (Lipinski definition) is 4. The molecule has 3 aliphatic rings. The Morgan fingerprint density at radius 3 is 2.73 bits per heavy atom. The van der Waals surface area contributed by atoms with Crippen LogP contribution in [0.4, 0.5) is 23.2 Å². The molecule has 10 heteroatoms. The van der Waals surface area contributed by atoms with E-state index in [4.69, 9.17) is 4.74 Å². The fourth-order valence-corrected chi connectivity index (χ4v) is 5.60. The number of alkyl halides is 3. The van der Waals surface area contributed by atoms with Gasteiger partial charge >= 0.3 is 6.18 Å². The molecule has 1 saturated carbocycles. The van der Waals surface area contributed by atoms with Gasteiger partial charge in [-0.05, 0) is 31.5 Å². The fraction of sp³-hybridized carbons (Fsp3) is 0.500. The third-order valence-electron chi connectivity index (χ3n) is 6.76. The molecule has 0 unspecified atom stereocenters. The molecule has 1 aliphatic carbocycles. The van der Waals surface area contributed by atoms with Crippen LogP contribution >= 0.6 is 0 Å². The molecule has 3 fully saturated rings. The number of aromatic nitrogens is 2. The van der Waals surface area contributed by atoms with Crippen molar-refractivity contribution in [3.63, 3.8) is 0 Å². The summed E-state index contributed by atoms with van der Waals surface area (Å²) in [6.07, 6.45) is -4.24. The summed E-state index contributed by atoms with van der Waals surface area (Å²) in [5, 5.41) is 17.2. The number of benzene rings is 1. The largest absolute Gasteiger partial charge is 0.416 e. The number of rotatable bonds is 3. The van der Waals surface area contributed by atoms with Gasteiger partial charge in [0.15, 0.2) is 0 Å². The summed E-state index contributed by atoms with van der Waals surface area (Å²) >= 11 is 0. The van der Waals surface area contributed by atoms with E-state index in [1.807, 2.05) is 0 Å². The minimum Gasteiger partial charge on any atom is -0.390 e. The van der Waals surface area contributed by atoms with Gasteiger partial charge in [0.1, 0.15) is 5.82 Å². The highest BCUT2D eigenvalue weighted by molar-refractivity contribution is 6.01. The number of carbonyl (C=O) groups excluding carboxylic acids is 1. The zero-order chi connectivity index (χ0) is 21.6. The molecule has 2 saturated heterocycles. The number of amides is 1. The van der Waals surface area contributed by atoms with Crippen LogP contribution in [-0.2, 0) is 28.2 Å². The molecule has 5 rings (SSSR count). The second-order valence-electron chi connectivity index (χ2n) is 8.45. The van der Waals surface area contributed by atoms with E-state index in [1.165, 1.54) is 0 Å². The average molecular weight is 425 g/mol. The van der Waals surface area contributed by atoms with Crippen LogP contribution in [0.5, 0.6) is 0 Å². The SMILES string of the molecule is Cc1nn(C)cc1[C@@]12C[C@]1(C(=O)Nc1cc(F)cc(C(F)(F)F)c1)[C@H]1C[C@H](O)[C@@H]2O1. The van der Waals surface area contributed by atoms with Crippen LogP contribution in [0.15, 0.2) is 24.4 Å². The van der Waals surface area contributed by atoms with E-state index in [0.29, 0.717) is 24.2 Å². The summed E-state index contributed by atoms with van der Waals surface area (Å²) in [6.45, 7) is 1.80. The summed E-state index contributed by atoms with van der Waals surface area (Å²) in [7, 11) is 1.74. The molecule has 1 amide bonds. The van der Waals surface area contributed by atoms with E-state index >= 15 is 0 Å². The van der Waals surface area contributed by atoms with Crippen molar-refractivity contribution in [3.8, 4) is 0 Å². The van der Waals surface area contributed by atoms with Crippen molar-refractivity contribution >= 4 is 11.6 Å². The normalized spacial score (nSPS) is 34.2. The lowest BCUT2D eigenvalue weighted by molar-refractivity contribution is -0.137. The molecule has 3 heterocycles. The van der Waals surface area contributed by atoms with Crippen LogP contribution in [0.25, 0.3) is 0 Å². The van der Waals surface area contributed by atoms with Crippen molar-refractivity contribution in [2.75, 3.05) is 5.32 Å². The molecular formula is C20H19F4N3O3. The van der Waals surface area contributed by atoms with E-state index in [9.17, 15) is 27.5 Å². The Labute approximate surface area is 168 Å². The minimum absolute atomic E-state index is 0.260. The van der Waals surface area contributed by atoms with Gasteiger partial charge in [-0.2, -0.15) is 18.3 Å². The predicted molar refractivity (Wildman–Crippen MR) is 96.0 cm³/mol. The third kappa shape index (κ3) is 2.37. The Bertz CT molecular complexity index is 1070. The number of nitrogens with one attached hydrogen (secondary N) is 1. The molecule has 2 aliphatic heterocycles. The fourth-order valence-electron chi connectivity index (χ4n) is 5.60. The Morgan fingerprint density at radius 2 is 2.10 bits per heavy atom. The summed E-state index contributed by atoms with van der Waals surface area (Å²) in [6, 6.07) is 1.94. The second-order valence-corrected chi connectivity index (χ2v) is 8.45. The van der Waals surface area contributed by atoms with Crippen LogP contribution in [0.3, 0.4) is 0 Å². The van der Waals surface area contributed by atoms with Crippen LogP contribution in [0.2, 0.25) is 0 Å². The van der Waals surface area contributed by atoms with Crippen molar-refractivity contribution in [2.24, 2.45) is 12.5 Å². The van der Waals surface area contributed by atoms with Gasteiger partial charge in [0.05, 0.1) is 35.0 Å². The van der Waals surface area contributed by atoms with Crippen molar-refractivity contribution in [1.82, 2.24) is 9.78 Å². The number of aryl methyl sites for hydroxylation is 2. The lowest BCUT2D eigenvalue weighted by Crippen LogP contribution is -2.44. The molecule has 0 radical (unpaired) electrons. The molecule has 160 valence electrons. The first-order valence-electron chi connectivity index (χ1n) is 9.52. The molecule has 2 N–H and O–H groups in total. The lowest BCUT2D eigenvalue weighted by atomic mass is 9.74. The van der Waals surface area contributed by atoms with Crippen LogP contribution < -0.4 is 5.32 Å². The zero-order valence-electron chi connectivity index (χ0n) is 16.1. The quantitative estimate of drug-likeness (QED) is 0.742. The highest BCUT2D eigenvalue weighted by Crippen LogP contribution is 2.78. The molecule has 5 atom stereocenters. The monoisotopic (exact) mass is 425 g/mol. The van der Waals surface area contributed by atoms with Crippen molar-refractivity contribution < 1.29 is 32.2 Å². The zero-order valence-corrected chi connectivity index (χ0v) is 16.1. The van der Waals surface area contributed by atoms with E-state index in [1.54, 1.807) is 24.9 Å². The maximum Gasteiger partial charge on any atom is 0.416 e. The first kappa shape index (κ1) is 19.5. The second kappa shape index (κ2) is 5.82. The van der Waals surface area contributed by atoms with Crippen molar-refractivity contribution in [2.45, 2.75) is 49.7 Å². The Hall–Kier alpha value is -2.46. The molecule has 1 aromatic heterocycles.